The van der Waals surface area contributed by atoms with Gasteiger partial charge in [-0.1, -0.05) is 12.1 Å². The lowest BCUT2D eigenvalue weighted by molar-refractivity contribution is -0.384. The van der Waals surface area contributed by atoms with Crippen molar-refractivity contribution in [2.75, 3.05) is 43.5 Å². The molecule has 0 aliphatic carbocycles. The van der Waals surface area contributed by atoms with Gasteiger partial charge in [0.2, 0.25) is 11.8 Å². The number of nitro benzene ring substituents is 1. The molecule has 0 saturated carbocycles. The zero-order valence-corrected chi connectivity index (χ0v) is 18.3. The van der Waals surface area contributed by atoms with Crippen LogP contribution in [-0.2, 0) is 9.59 Å². The SMILES string of the molecule is COc1ccc(NC(=O)/C=C/C(=O)N2CCN(c3cccc(C)c3C)CC2)c([N+](=O)[O-])c1. The van der Waals surface area contributed by atoms with Crippen LogP contribution in [0.1, 0.15) is 11.1 Å². The van der Waals surface area contributed by atoms with Gasteiger partial charge in [-0.25, -0.2) is 0 Å². The van der Waals surface area contributed by atoms with Gasteiger partial charge in [0.15, 0.2) is 0 Å². The number of piperazine rings is 1. The number of nitrogens with zero attached hydrogens (tertiary/aromatic N) is 3. The zero-order chi connectivity index (χ0) is 23.3. The summed E-state index contributed by atoms with van der Waals surface area (Å²) in [5, 5.41) is 13.7. The van der Waals surface area contributed by atoms with E-state index in [-0.39, 0.29) is 17.3 Å². The molecule has 0 radical (unpaired) electrons. The molecule has 168 valence electrons. The number of aryl methyl sites for hydroxylation is 1. The summed E-state index contributed by atoms with van der Waals surface area (Å²) in [6, 6.07) is 10.3. The van der Waals surface area contributed by atoms with E-state index < -0.39 is 10.8 Å². The molecule has 2 aromatic carbocycles. The molecule has 0 spiro atoms. The summed E-state index contributed by atoms with van der Waals surface area (Å²) in [6.45, 7) is 6.66. The van der Waals surface area contributed by atoms with E-state index in [1.54, 1.807) is 4.90 Å². The van der Waals surface area contributed by atoms with Gasteiger partial charge in [-0.05, 0) is 43.2 Å². The quantitative estimate of drug-likeness (QED) is 0.422. The number of hydrogen-bond donors (Lipinski definition) is 1. The second-order valence-electron chi connectivity index (χ2n) is 7.49. The summed E-state index contributed by atoms with van der Waals surface area (Å²) in [7, 11) is 1.40. The maximum absolute atomic E-state index is 12.5. The van der Waals surface area contributed by atoms with E-state index in [9.17, 15) is 19.7 Å². The van der Waals surface area contributed by atoms with Crippen LogP contribution in [0.25, 0.3) is 0 Å². The molecule has 9 nitrogen and oxygen atoms in total. The first-order chi connectivity index (χ1) is 15.3. The first-order valence-corrected chi connectivity index (χ1v) is 10.2. The van der Waals surface area contributed by atoms with Crippen molar-refractivity contribution >= 4 is 28.9 Å². The Morgan fingerprint density at radius 3 is 2.47 bits per heavy atom. The highest BCUT2D eigenvalue weighted by atomic mass is 16.6. The molecule has 1 aliphatic rings. The Hall–Kier alpha value is -3.88. The molecular weight excluding hydrogens is 412 g/mol. The van der Waals surface area contributed by atoms with Crippen molar-refractivity contribution in [3.8, 4) is 5.75 Å². The van der Waals surface area contributed by atoms with Crippen molar-refractivity contribution in [3.63, 3.8) is 0 Å². The van der Waals surface area contributed by atoms with Crippen LogP contribution < -0.4 is 15.0 Å². The fourth-order valence-corrected chi connectivity index (χ4v) is 3.57. The molecule has 0 atom stereocenters. The third-order valence-corrected chi connectivity index (χ3v) is 5.54. The predicted octanol–water partition coefficient (Wildman–Crippen LogP) is 3.06. The molecule has 0 aromatic heterocycles. The Morgan fingerprint density at radius 2 is 1.81 bits per heavy atom. The number of hydrogen-bond acceptors (Lipinski definition) is 6. The largest absolute Gasteiger partial charge is 0.496 e. The average molecular weight is 438 g/mol. The van der Waals surface area contributed by atoms with Gasteiger partial charge in [0.1, 0.15) is 11.4 Å². The van der Waals surface area contributed by atoms with Crippen molar-refractivity contribution in [2.24, 2.45) is 0 Å². The van der Waals surface area contributed by atoms with Crippen molar-refractivity contribution < 1.29 is 19.2 Å². The fourth-order valence-electron chi connectivity index (χ4n) is 3.57. The van der Waals surface area contributed by atoms with E-state index in [1.165, 1.54) is 48.2 Å². The van der Waals surface area contributed by atoms with Crippen LogP contribution in [-0.4, -0.2) is 54.9 Å². The summed E-state index contributed by atoms with van der Waals surface area (Å²) in [5.74, 6) is -0.592. The number of carbonyl (C=O) groups is 2. The smallest absolute Gasteiger partial charge is 0.296 e. The van der Waals surface area contributed by atoms with E-state index in [1.807, 2.05) is 6.07 Å². The standard InChI is InChI=1S/C23H26N4O5/c1-16-5-4-6-20(17(16)2)25-11-13-26(14-12-25)23(29)10-9-22(28)24-19-8-7-18(32-3)15-21(19)27(30)31/h4-10,15H,11-14H2,1-3H3,(H,24,28)/b10-9+. The Kier molecular flexibility index (Phi) is 7.09. The molecule has 3 rings (SSSR count). The zero-order valence-electron chi connectivity index (χ0n) is 18.3. The number of amides is 2. The van der Waals surface area contributed by atoms with Crippen LogP contribution in [0.4, 0.5) is 17.1 Å². The minimum absolute atomic E-state index is 0.0278. The molecule has 1 aliphatic heterocycles. The molecule has 1 fully saturated rings. The second-order valence-corrected chi connectivity index (χ2v) is 7.49. The Balaban J connectivity index is 1.57. The molecule has 32 heavy (non-hydrogen) atoms. The fraction of sp³-hybridized carbons (Fsp3) is 0.304. The number of rotatable bonds is 6. The normalized spacial score (nSPS) is 13.8. The highest BCUT2D eigenvalue weighted by Gasteiger charge is 2.21. The Bertz CT molecular complexity index is 1060. The maximum Gasteiger partial charge on any atom is 0.296 e. The minimum atomic E-state index is -0.624. The van der Waals surface area contributed by atoms with Crippen LogP contribution in [0.5, 0.6) is 5.75 Å². The van der Waals surface area contributed by atoms with E-state index in [2.05, 4.69) is 36.2 Å². The third kappa shape index (κ3) is 5.23. The lowest BCUT2D eigenvalue weighted by atomic mass is 10.1. The van der Waals surface area contributed by atoms with Crippen molar-refractivity contribution in [3.05, 3.63) is 69.8 Å². The molecule has 2 aromatic rings. The first kappa shape index (κ1) is 22.8. The van der Waals surface area contributed by atoms with Crippen molar-refractivity contribution in [2.45, 2.75) is 13.8 Å². The van der Waals surface area contributed by atoms with E-state index >= 15 is 0 Å². The number of ether oxygens (including phenoxy) is 1. The van der Waals surface area contributed by atoms with Crippen LogP contribution in [0.15, 0.2) is 48.6 Å². The van der Waals surface area contributed by atoms with Gasteiger partial charge in [-0.3, -0.25) is 19.7 Å². The number of nitrogens with one attached hydrogen (secondary N) is 1. The molecular formula is C23H26N4O5. The minimum Gasteiger partial charge on any atom is -0.496 e. The summed E-state index contributed by atoms with van der Waals surface area (Å²) < 4.78 is 4.97. The number of benzene rings is 2. The number of carbonyl (C=O) groups excluding carboxylic acids is 2. The van der Waals surface area contributed by atoms with E-state index in [0.717, 1.165) is 6.08 Å². The molecule has 0 bridgehead atoms. The first-order valence-electron chi connectivity index (χ1n) is 10.2. The number of anilines is 2. The monoisotopic (exact) mass is 438 g/mol. The van der Waals surface area contributed by atoms with Gasteiger partial charge in [-0.15, -0.1) is 0 Å². The molecule has 1 N–H and O–H groups in total. The highest BCUT2D eigenvalue weighted by Crippen LogP contribution is 2.29. The second kappa shape index (κ2) is 9.95. The Labute approximate surface area is 186 Å². The predicted molar refractivity (Wildman–Crippen MR) is 122 cm³/mol. The van der Waals surface area contributed by atoms with Crippen LogP contribution in [0.2, 0.25) is 0 Å². The highest BCUT2D eigenvalue weighted by molar-refractivity contribution is 6.04. The lowest BCUT2D eigenvalue weighted by Crippen LogP contribution is -2.48. The van der Waals surface area contributed by atoms with Crippen LogP contribution in [0.3, 0.4) is 0 Å². The third-order valence-electron chi connectivity index (χ3n) is 5.54. The molecule has 0 unspecified atom stereocenters. The summed E-state index contributed by atoms with van der Waals surface area (Å²) in [4.78, 5) is 39.3. The summed E-state index contributed by atoms with van der Waals surface area (Å²) in [5.41, 5.74) is 3.37. The topological polar surface area (TPSA) is 105 Å². The van der Waals surface area contributed by atoms with Gasteiger partial charge in [-0.2, -0.15) is 0 Å². The van der Waals surface area contributed by atoms with Gasteiger partial charge >= 0.3 is 0 Å². The average Bonchev–Trinajstić information content (AvgIpc) is 2.79. The molecule has 9 heteroatoms. The summed E-state index contributed by atoms with van der Waals surface area (Å²) >= 11 is 0. The van der Waals surface area contributed by atoms with Gasteiger partial charge in [0.25, 0.3) is 5.69 Å². The Morgan fingerprint density at radius 1 is 1.09 bits per heavy atom. The molecule has 1 saturated heterocycles. The summed E-state index contributed by atoms with van der Waals surface area (Å²) in [6.07, 6.45) is 2.28. The number of methoxy groups -OCH3 is 1. The lowest BCUT2D eigenvalue weighted by Gasteiger charge is -2.36. The van der Waals surface area contributed by atoms with Gasteiger partial charge in [0.05, 0.1) is 18.1 Å². The van der Waals surface area contributed by atoms with Gasteiger partial charge in [0, 0.05) is 44.0 Å². The van der Waals surface area contributed by atoms with Crippen LogP contribution in [0, 0.1) is 24.0 Å². The maximum atomic E-state index is 12.5. The van der Waals surface area contributed by atoms with Gasteiger partial charge < -0.3 is 19.9 Å². The van der Waals surface area contributed by atoms with E-state index in [0.29, 0.717) is 31.9 Å². The molecule has 1 heterocycles. The molecule has 2 amide bonds. The van der Waals surface area contributed by atoms with Crippen molar-refractivity contribution in [1.82, 2.24) is 4.90 Å². The van der Waals surface area contributed by atoms with E-state index in [4.69, 9.17) is 4.74 Å². The van der Waals surface area contributed by atoms with Crippen molar-refractivity contribution in [1.29, 1.82) is 0 Å². The van der Waals surface area contributed by atoms with Crippen LogP contribution >= 0.6 is 0 Å². The number of nitro groups is 1.